The number of rotatable bonds is 7. The third-order valence-electron chi connectivity index (χ3n) is 4.58. The number of carbonyl (C=O) groups excluding carboxylic acids is 1. The highest BCUT2D eigenvalue weighted by Crippen LogP contribution is 2.29. The van der Waals surface area contributed by atoms with Crippen LogP contribution in [0, 0.1) is 0 Å². The van der Waals surface area contributed by atoms with Crippen LogP contribution >= 0.6 is 0 Å². The highest BCUT2D eigenvalue weighted by atomic mass is 16.5. The van der Waals surface area contributed by atoms with E-state index in [9.17, 15) is 9.59 Å². The van der Waals surface area contributed by atoms with Gasteiger partial charge in [-0.2, -0.15) is 0 Å². The molecule has 2 unspecified atom stereocenters. The number of hydrogen-bond acceptors (Lipinski definition) is 4. The highest BCUT2D eigenvalue weighted by Gasteiger charge is 2.23. The molecule has 27 heavy (non-hydrogen) atoms. The molecule has 142 valence electrons. The molecule has 2 N–H and O–H groups in total. The first-order valence-corrected chi connectivity index (χ1v) is 8.96. The van der Waals surface area contributed by atoms with Crippen molar-refractivity contribution in [1.29, 1.82) is 0 Å². The first-order valence-electron chi connectivity index (χ1n) is 8.96. The van der Waals surface area contributed by atoms with E-state index in [4.69, 9.17) is 14.6 Å². The lowest BCUT2D eigenvalue weighted by molar-refractivity contribution is -0.139. The van der Waals surface area contributed by atoms with E-state index in [2.05, 4.69) is 11.4 Å². The molecule has 0 radical (unpaired) electrons. The van der Waals surface area contributed by atoms with Gasteiger partial charge in [-0.25, -0.2) is 4.79 Å². The summed E-state index contributed by atoms with van der Waals surface area (Å²) in [5.41, 5.74) is 3.24. The summed E-state index contributed by atoms with van der Waals surface area (Å²) in [5.74, 6) is -0.617. The van der Waals surface area contributed by atoms with Crippen molar-refractivity contribution in [3.05, 3.63) is 65.2 Å². The summed E-state index contributed by atoms with van der Waals surface area (Å²) in [6, 6.07) is 14.9. The minimum Gasteiger partial charge on any atom is -0.482 e. The SMILES string of the molecule is CC(NC(=O)CC1OCCc2ccccc21)c1ccc(OCC(=O)O)cc1. The number of amides is 1. The Bertz CT molecular complexity index is 802. The number of hydrogen-bond donors (Lipinski definition) is 2. The van der Waals surface area contributed by atoms with Crippen molar-refractivity contribution in [1.82, 2.24) is 5.32 Å². The van der Waals surface area contributed by atoms with E-state index in [1.807, 2.05) is 37.3 Å². The van der Waals surface area contributed by atoms with Crippen LogP contribution in [0.4, 0.5) is 0 Å². The summed E-state index contributed by atoms with van der Waals surface area (Å²) in [4.78, 5) is 23.0. The first kappa shape index (κ1) is 18.9. The van der Waals surface area contributed by atoms with Gasteiger partial charge >= 0.3 is 5.97 Å². The minimum absolute atomic E-state index is 0.0737. The standard InChI is InChI=1S/C21H23NO5/c1-14(15-6-8-17(9-7-15)27-13-21(24)25)22-20(23)12-19-18-5-3-2-4-16(18)10-11-26-19/h2-9,14,19H,10-13H2,1H3,(H,22,23)(H,24,25). The van der Waals surface area contributed by atoms with Gasteiger partial charge in [-0.15, -0.1) is 0 Å². The van der Waals surface area contributed by atoms with Crippen LogP contribution in [0.1, 0.15) is 42.2 Å². The third kappa shape index (κ3) is 5.08. The van der Waals surface area contributed by atoms with Gasteiger partial charge < -0.3 is 19.9 Å². The smallest absolute Gasteiger partial charge is 0.341 e. The summed E-state index contributed by atoms with van der Waals surface area (Å²) >= 11 is 0. The summed E-state index contributed by atoms with van der Waals surface area (Å²) < 4.78 is 10.9. The van der Waals surface area contributed by atoms with Crippen molar-refractivity contribution in [3.8, 4) is 5.75 Å². The highest BCUT2D eigenvalue weighted by molar-refractivity contribution is 5.77. The van der Waals surface area contributed by atoms with Crippen molar-refractivity contribution >= 4 is 11.9 Å². The maximum absolute atomic E-state index is 12.5. The molecule has 0 aliphatic carbocycles. The molecule has 1 aliphatic rings. The van der Waals surface area contributed by atoms with Crippen LogP contribution in [-0.2, 0) is 20.7 Å². The summed E-state index contributed by atoms with van der Waals surface area (Å²) in [6.07, 6.45) is 0.941. The monoisotopic (exact) mass is 369 g/mol. The molecular formula is C21H23NO5. The van der Waals surface area contributed by atoms with Crippen LogP contribution in [0.25, 0.3) is 0 Å². The van der Waals surface area contributed by atoms with Gasteiger partial charge in [0, 0.05) is 0 Å². The third-order valence-corrected chi connectivity index (χ3v) is 4.58. The molecule has 2 aromatic rings. The van der Waals surface area contributed by atoms with E-state index >= 15 is 0 Å². The van der Waals surface area contributed by atoms with Crippen LogP contribution in [0.2, 0.25) is 0 Å². The number of fused-ring (bicyclic) bond motifs is 1. The average molecular weight is 369 g/mol. The lowest BCUT2D eigenvalue weighted by Crippen LogP contribution is -2.29. The minimum atomic E-state index is -1.02. The molecule has 0 saturated heterocycles. The van der Waals surface area contributed by atoms with Gasteiger partial charge in [0.05, 0.1) is 25.2 Å². The number of carbonyl (C=O) groups is 2. The zero-order valence-electron chi connectivity index (χ0n) is 15.2. The van der Waals surface area contributed by atoms with Gasteiger partial charge in [-0.05, 0) is 42.2 Å². The molecule has 0 saturated carbocycles. The molecule has 1 amide bonds. The Morgan fingerprint density at radius 2 is 1.96 bits per heavy atom. The summed E-state index contributed by atoms with van der Waals surface area (Å²) in [5, 5.41) is 11.6. The first-order chi connectivity index (χ1) is 13.0. The second kappa shape index (κ2) is 8.68. The zero-order valence-corrected chi connectivity index (χ0v) is 15.2. The second-order valence-corrected chi connectivity index (χ2v) is 6.55. The van der Waals surface area contributed by atoms with E-state index in [0.717, 1.165) is 17.5 Å². The second-order valence-electron chi connectivity index (χ2n) is 6.55. The van der Waals surface area contributed by atoms with Gasteiger partial charge in [0.15, 0.2) is 6.61 Å². The van der Waals surface area contributed by atoms with Gasteiger partial charge in [0.2, 0.25) is 5.91 Å². The van der Waals surface area contributed by atoms with Crippen molar-refractivity contribution in [2.24, 2.45) is 0 Å². The van der Waals surface area contributed by atoms with Crippen LogP contribution in [-0.4, -0.2) is 30.2 Å². The van der Waals surface area contributed by atoms with Crippen LogP contribution < -0.4 is 10.1 Å². The lowest BCUT2D eigenvalue weighted by Gasteiger charge is -2.26. The number of aliphatic carboxylic acids is 1. The molecule has 0 fully saturated rings. The number of nitrogens with one attached hydrogen (secondary N) is 1. The molecule has 1 aliphatic heterocycles. The van der Waals surface area contributed by atoms with Crippen LogP contribution in [0.3, 0.4) is 0 Å². The topological polar surface area (TPSA) is 84.9 Å². The number of carboxylic acid groups (broad SMARTS) is 1. The molecule has 2 atom stereocenters. The molecule has 0 aromatic heterocycles. The number of carboxylic acids is 1. The van der Waals surface area contributed by atoms with Gasteiger partial charge in [-0.1, -0.05) is 36.4 Å². The predicted octanol–water partition coefficient (Wildman–Crippen LogP) is 3.03. The Morgan fingerprint density at radius 3 is 2.70 bits per heavy atom. The van der Waals surface area contributed by atoms with Crippen LogP contribution in [0.15, 0.2) is 48.5 Å². The molecular weight excluding hydrogens is 346 g/mol. The van der Waals surface area contributed by atoms with E-state index in [1.54, 1.807) is 12.1 Å². The Labute approximate surface area is 158 Å². The summed E-state index contributed by atoms with van der Waals surface area (Å²) in [7, 11) is 0. The molecule has 3 rings (SSSR count). The zero-order chi connectivity index (χ0) is 19.2. The van der Waals surface area contributed by atoms with Crippen molar-refractivity contribution in [2.75, 3.05) is 13.2 Å². The largest absolute Gasteiger partial charge is 0.482 e. The Hall–Kier alpha value is -2.86. The maximum atomic E-state index is 12.5. The Balaban J connectivity index is 1.56. The predicted molar refractivity (Wildman–Crippen MR) is 99.6 cm³/mol. The maximum Gasteiger partial charge on any atom is 0.341 e. The van der Waals surface area contributed by atoms with Crippen molar-refractivity contribution in [2.45, 2.75) is 31.9 Å². The van der Waals surface area contributed by atoms with Gasteiger partial charge in [0.25, 0.3) is 0 Å². The summed E-state index contributed by atoms with van der Waals surface area (Å²) in [6.45, 7) is 2.15. The van der Waals surface area contributed by atoms with E-state index in [1.165, 1.54) is 5.56 Å². The van der Waals surface area contributed by atoms with Gasteiger partial charge in [-0.3, -0.25) is 4.79 Å². The Kier molecular flexibility index (Phi) is 6.08. The number of ether oxygens (including phenoxy) is 2. The fraction of sp³-hybridized carbons (Fsp3) is 0.333. The molecule has 1 heterocycles. The van der Waals surface area contributed by atoms with Crippen molar-refractivity contribution in [3.63, 3.8) is 0 Å². The quantitative estimate of drug-likeness (QED) is 0.784. The van der Waals surface area contributed by atoms with E-state index < -0.39 is 5.97 Å². The molecule has 6 heteroatoms. The molecule has 0 bridgehead atoms. The molecule has 2 aromatic carbocycles. The normalized spacial score (nSPS) is 16.9. The Morgan fingerprint density at radius 1 is 1.22 bits per heavy atom. The average Bonchev–Trinajstić information content (AvgIpc) is 2.67. The van der Waals surface area contributed by atoms with Gasteiger partial charge in [0.1, 0.15) is 5.75 Å². The van der Waals surface area contributed by atoms with E-state index in [0.29, 0.717) is 12.4 Å². The molecule has 6 nitrogen and oxygen atoms in total. The van der Waals surface area contributed by atoms with Crippen molar-refractivity contribution < 1.29 is 24.2 Å². The fourth-order valence-corrected chi connectivity index (χ4v) is 3.20. The fourth-order valence-electron chi connectivity index (χ4n) is 3.20. The van der Waals surface area contributed by atoms with Crippen LogP contribution in [0.5, 0.6) is 5.75 Å². The number of benzene rings is 2. The lowest BCUT2D eigenvalue weighted by atomic mass is 9.95. The molecule has 0 spiro atoms. The van der Waals surface area contributed by atoms with E-state index in [-0.39, 0.29) is 31.1 Å².